The topological polar surface area (TPSA) is 373 Å². The maximum Gasteiger partial charge on any atom is 0.0701 e. The third-order valence-electron chi connectivity index (χ3n) is 13.5. The summed E-state index contributed by atoms with van der Waals surface area (Å²) in [5.74, 6) is 0. The Kier molecular flexibility index (Phi) is 108. The van der Waals surface area contributed by atoms with Gasteiger partial charge in [-0.2, -0.15) is 0 Å². The van der Waals surface area contributed by atoms with Gasteiger partial charge in [-0.25, -0.2) is 0 Å². The van der Waals surface area contributed by atoms with Crippen LogP contribution in [-0.4, -0.2) is 499 Å². The lowest BCUT2D eigenvalue weighted by Gasteiger charge is -2.09. The van der Waals surface area contributed by atoms with Gasteiger partial charge >= 0.3 is 0 Å². The first-order chi connectivity index (χ1) is 55.9. The third-order valence-corrected chi connectivity index (χ3v) is 13.5. The van der Waals surface area contributed by atoms with Gasteiger partial charge in [0.1, 0.15) is 0 Å². The van der Waals surface area contributed by atoms with Crippen LogP contribution in [0.3, 0.4) is 0 Å². The molecule has 0 aliphatic rings. The van der Waals surface area contributed by atoms with Gasteiger partial charge in [-0.15, -0.1) is 0 Å². The molecule has 38 heteroatoms. The van der Waals surface area contributed by atoms with E-state index in [-0.39, 0.29) is 13.2 Å². The molecule has 0 atom stereocenters. The van der Waals surface area contributed by atoms with Crippen molar-refractivity contribution in [3.63, 3.8) is 0 Å². The molecule has 0 aliphatic carbocycles. The van der Waals surface area contributed by atoms with Crippen molar-refractivity contribution in [1.29, 1.82) is 0 Å². The van der Waals surface area contributed by atoms with E-state index >= 15 is 0 Å². The molecule has 0 aromatic heterocycles. The fraction of sp³-hybridized carbons (Fsp3) is 1.00. The van der Waals surface area contributed by atoms with Crippen molar-refractivity contribution < 1.29 is 181 Å². The molecule has 0 radical (unpaired) electrons. The lowest BCUT2D eigenvalue weighted by molar-refractivity contribution is -0.0327. The van der Waals surface area contributed by atoms with Crippen LogP contribution in [0.5, 0.6) is 0 Å². The van der Waals surface area contributed by atoms with Gasteiger partial charge in [-0.1, -0.05) is 0 Å². The molecule has 0 heterocycles. The molecule has 0 spiro atoms. The molecule has 0 bridgehead atoms. The number of aliphatic hydroxyl groups is 2. The molecular weight excluding hydrogens is 1500 g/mol. The Labute approximate surface area is 667 Å². The first-order valence-electron chi connectivity index (χ1n) is 39.9. The van der Waals surface area contributed by atoms with Crippen molar-refractivity contribution in [3.05, 3.63) is 0 Å². The highest BCUT2D eigenvalue weighted by Gasteiger charge is 2.04. The minimum absolute atomic E-state index is 0.0152. The van der Waals surface area contributed by atoms with Crippen LogP contribution in [0.1, 0.15) is 0 Å². The number of hydrogen-bond acceptors (Lipinski definition) is 38. The van der Waals surface area contributed by atoms with Gasteiger partial charge in [0.25, 0.3) is 0 Å². The second-order valence-electron chi connectivity index (χ2n) is 22.5. The zero-order chi connectivity index (χ0) is 79.8. The highest BCUT2D eigenvalue weighted by atomic mass is 16.6. The molecule has 38 nitrogen and oxygen atoms in total. The SMILES string of the molecule is OCCOCCOCCOCCOCCOCCOCCOCCOCCOCCOCCOCCOCCOCCOCCOCCOCCOCCOCCOCCOCCOCCOCCOCCOCCOCCOCCOCCOCCOCCOCCOCCOCCOCCOCCOCCOCCO. The summed E-state index contributed by atoms with van der Waals surface area (Å²) < 4.78 is 197. The van der Waals surface area contributed by atoms with Gasteiger partial charge < -0.3 is 181 Å². The quantitative estimate of drug-likeness (QED) is 0.0730. The molecule has 0 amide bonds. The van der Waals surface area contributed by atoms with Crippen molar-refractivity contribution in [2.24, 2.45) is 0 Å². The van der Waals surface area contributed by atoms with E-state index in [0.29, 0.717) is 476 Å². The highest BCUT2D eigenvalue weighted by molar-refractivity contribution is 4.46. The summed E-state index contributed by atoms with van der Waals surface area (Å²) in [6.07, 6.45) is 0. The number of aliphatic hydroxyl groups excluding tert-OH is 2. The van der Waals surface area contributed by atoms with Crippen molar-refractivity contribution in [2.45, 2.75) is 0 Å². The zero-order valence-corrected chi connectivity index (χ0v) is 67.9. The maximum atomic E-state index is 8.62. The molecule has 0 unspecified atom stereocenters. The lowest BCUT2D eigenvalue weighted by Crippen LogP contribution is -2.16. The number of ether oxygens (including phenoxy) is 36. The number of hydrogen-bond donors (Lipinski definition) is 2. The average molecular weight is 1650 g/mol. The molecule has 2 N–H and O–H groups in total. The van der Waals surface area contributed by atoms with E-state index in [2.05, 4.69) is 0 Å². The highest BCUT2D eigenvalue weighted by Crippen LogP contribution is 1.95. The van der Waals surface area contributed by atoms with E-state index in [9.17, 15) is 0 Å². The van der Waals surface area contributed by atoms with Crippen molar-refractivity contribution in [1.82, 2.24) is 0 Å². The Hall–Kier alpha value is -1.52. The van der Waals surface area contributed by atoms with Gasteiger partial charge in [-0.05, 0) is 0 Å². The Bertz CT molecular complexity index is 1450. The molecule has 0 aromatic rings. The summed E-state index contributed by atoms with van der Waals surface area (Å²) in [6, 6.07) is 0. The summed E-state index contributed by atoms with van der Waals surface area (Å²) >= 11 is 0. The van der Waals surface area contributed by atoms with Crippen LogP contribution in [0.2, 0.25) is 0 Å². The van der Waals surface area contributed by atoms with Gasteiger partial charge in [-0.3, -0.25) is 0 Å². The van der Waals surface area contributed by atoms with Crippen molar-refractivity contribution >= 4 is 0 Å². The average Bonchev–Trinajstić information content (AvgIpc) is 3.05. The summed E-state index contributed by atoms with van der Waals surface area (Å²) in [5.41, 5.74) is 0. The van der Waals surface area contributed by atoms with E-state index in [0.717, 1.165) is 0 Å². The minimum atomic E-state index is 0.0152. The van der Waals surface area contributed by atoms with Crippen LogP contribution >= 0.6 is 0 Å². The van der Waals surface area contributed by atoms with Crippen LogP contribution in [-0.2, 0) is 171 Å². The Morgan fingerprint density at radius 2 is 0.0982 bits per heavy atom. The molecular formula is C74H150O38. The second-order valence-corrected chi connectivity index (χ2v) is 22.5. The molecule has 0 rings (SSSR count). The van der Waals surface area contributed by atoms with E-state index < -0.39 is 0 Å². The van der Waals surface area contributed by atoms with Gasteiger partial charge in [0, 0.05) is 0 Å². The molecule has 0 aliphatic heterocycles. The maximum absolute atomic E-state index is 8.62. The monoisotopic (exact) mass is 1650 g/mol. The molecule has 0 saturated heterocycles. The Morgan fingerprint density at radius 1 is 0.0625 bits per heavy atom. The van der Waals surface area contributed by atoms with E-state index in [1.54, 1.807) is 0 Å². The molecule has 0 aromatic carbocycles. The Morgan fingerprint density at radius 3 is 0.134 bits per heavy atom. The molecule has 0 fully saturated rings. The zero-order valence-electron chi connectivity index (χ0n) is 67.9. The molecule has 112 heavy (non-hydrogen) atoms. The van der Waals surface area contributed by atoms with Crippen molar-refractivity contribution in [2.75, 3.05) is 489 Å². The summed E-state index contributed by atoms with van der Waals surface area (Å²) in [7, 11) is 0. The summed E-state index contributed by atoms with van der Waals surface area (Å²) in [4.78, 5) is 0. The predicted molar refractivity (Wildman–Crippen MR) is 404 cm³/mol. The van der Waals surface area contributed by atoms with Crippen LogP contribution in [0.15, 0.2) is 0 Å². The van der Waals surface area contributed by atoms with Crippen molar-refractivity contribution in [3.8, 4) is 0 Å². The first kappa shape index (κ1) is 110. The van der Waals surface area contributed by atoms with Gasteiger partial charge in [0.2, 0.25) is 0 Å². The molecule has 674 valence electrons. The normalized spacial score (nSPS) is 11.8. The molecule has 0 saturated carbocycles. The fourth-order valence-corrected chi connectivity index (χ4v) is 7.93. The van der Waals surface area contributed by atoms with Gasteiger partial charge in [0.15, 0.2) is 0 Å². The van der Waals surface area contributed by atoms with E-state index in [1.807, 2.05) is 0 Å². The van der Waals surface area contributed by atoms with Crippen LogP contribution in [0.4, 0.5) is 0 Å². The largest absolute Gasteiger partial charge is 0.394 e. The smallest absolute Gasteiger partial charge is 0.0701 e. The lowest BCUT2D eigenvalue weighted by atomic mass is 10.6. The fourth-order valence-electron chi connectivity index (χ4n) is 7.93. The minimum Gasteiger partial charge on any atom is -0.394 e. The summed E-state index contributed by atoms with van der Waals surface area (Å²) in [5, 5.41) is 17.2. The van der Waals surface area contributed by atoms with Gasteiger partial charge in [0.05, 0.1) is 489 Å². The van der Waals surface area contributed by atoms with Crippen LogP contribution in [0.25, 0.3) is 0 Å². The Balaban J connectivity index is 3.10. The van der Waals surface area contributed by atoms with Crippen LogP contribution < -0.4 is 0 Å². The van der Waals surface area contributed by atoms with Crippen LogP contribution in [0, 0.1) is 0 Å². The summed E-state index contributed by atoms with van der Waals surface area (Å²) in [6.45, 7) is 34.3. The van der Waals surface area contributed by atoms with E-state index in [4.69, 9.17) is 181 Å². The van der Waals surface area contributed by atoms with E-state index in [1.165, 1.54) is 0 Å². The predicted octanol–water partition coefficient (Wildman–Crippen LogP) is -0.431. The second kappa shape index (κ2) is 109. The standard InChI is InChI=1S/C74H150O38/c75-1-3-77-5-7-79-9-11-81-13-15-83-17-19-85-21-23-87-25-27-89-29-31-91-33-35-93-37-39-95-41-43-97-45-47-99-49-51-101-53-55-103-57-59-105-61-63-107-65-67-109-69-71-111-73-74-112-72-70-110-68-66-108-64-62-106-60-58-104-56-54-102-52-50-100-48-46-98-44-42-96-40-38-94-36-34-92-32-30-90-28-26-88-24-22-86-20-18-84-16-14-82-12-10-80-8-6-78-4-2-76/h75-76H,1-74H2. The first-order valence-corrected chi connectivity index (χ1v) is 39.9. The number of rotatable bonds is 109. The third kappa shape index (κ3) is 108.